The molecule has 7 nitrogen and oxygen atoms in total. The van der Waals surface area contributed by atoms with Crippen molar-refractivity contribution in [1.82, 2.24) is 10.4 Å². The number of sulfonamides is 1. The first-order valence-electron chi connectivity index (χ1n) is 10.5. The number of anilines is 1. The molecule has 0 atom stereocenters. The van der Waals surface area contributed by atoms with E-state index in [-0.39, 0.29) is 16.1 Å². The smallest absolute Gasteiger partial charge is 0.265 e. The number of hydrogen-bond acceptors (Lipinski definition) is 5. The summed E-state index contributed by atoms with van der Waals surface area (Å²) < 4.78 is 27.4. The lowest BCUT2D eigenvalue weighted by atomic mass is 9.72. The van der Waals surface area contributed by atoms with Crippen LogP contribution < -0.4 is 9.73 Å². The SMILES string of the molecule is CC(C)(C)C1CCC(=NNC(=O)CN(c2ccccn2)S(=O)(=O)c2ccccc2)CC1. The standard InChI is InChI=1S/C23H30N4O3S/c1-23(2,3)18-12-14-19(15-13-18)25-26-22(28)17-27(21-11-7-8-16-24-21)31(29,30)20-9-5-4-6-10-20/h4-11,16,18H,12-15,17H2,1-3H3,(H,26,28). The summed E-state index contributed by atoms with van der Waals surface area (Å²) >= 11 is 0. The van der Waals surface area contributed by atoms with Gasteiger partial charge in [0.2, 0.25) is 0 Å². The lowest BCUT2D eigenvalue weighted by Gasteiger charge is -2.34. The molecule has 1 heterocycles. The van der Waals surface area contributed by atoms with Crippen molar-refractivity contribution in [1.29, 1.82) is 0 Å². The first-order valence-corrected chi connectivity index (χ1v) is 11.9. The number of hydrazone groups is 1. The predicted molar refractivity (Wildman–Crippen MR) is 122 cm³/mol. The molecular weight excluding hydrogens is 412 g/mol. The molecule has 1 aromatic carbocycles. The van der Waals surface area contributed by atoms with Gasteiger partial charge in [-0.1, -0.05) is 45.0 Å². The van der Waals surface area contributed by atoms with Gasteiger partial charge in [-0.15, -0.1) is 0 Å². The van der Waals surface area contributed by atoms with Crippen molar-refractivity contribution in [2.75, 3.05) is 10.8 Å². The van der Waals surface area contributed by atoms with E-state index >= 15 is 0 Å². The summed E-state index contributed by atoms with van der Waals surface area (Å²) in [5.74, 6) is 0.313. The summed E-state index contributed by atoms with van der Waals surface area (Å²) in [4.78, 5) is 16.9. The molecule has 31 heavy (non-hydrogen) atoms. The van der Waals surface area contributed by atoms with Gasteiger partial charge in [0.1, 0.15) is 12.4 Å². The van der Waals surface area contributed by atoms with Gasteiger partial charge in [-0.3, -0.25) is 4.79 Å². The Kier molecular flexibility index (Phi) is 7.10. The zero-order valence-electron chi connectivity index (χ0n) is 18.3. The lowest BCUT2D eigenvalue weighted by Crippen LogP contribution is -2.40. The highest BCUT2D eigenvalue weighted by molar-refractivity contribution is 7.92. The monoisotopic (exact) mass is 442 g/mol. The minimum atomic E-state index is -3.95. The number of aromatic nitrogens is 1. The largest absolute Gasteiger partial charge is 0.271 e. The molecule has 0 radical (unpaired) electrons. The van der Waals surface area contributed by atoms with Crippen LogP contribution in [0.3, 0.4) is 0 Å². The van der Waals surface area contributed by atoms with Crippen molar-refractivity contribution in [2.24, 2.45) is 16.4 Å². The van der Waals surface area contributed by atoms with Crippen LogP contribution in [0.15, 0.2) is 64.7 Å². The number of nitrogens with one attached hydrogen (secondary N) is 1. The maximum atomic E-state index is 13.2. The highest BCUT2D eigenvalue weighted by Gasteiger charge is 2.29. The van der Waals surface area contributed by atoms with Crippen LogP contribution in [0.2, 0.25) is 0 Å². The Morgan fingerprint density at radius 1 is 1.10 bits per heavy atom. The Hall–Kier alpha value is -2.74. The fourth-order valence-electron chi connectivity index (χ4n) is 3.75. The number of amides is 1. The summed E-state index contributed by atoms with van der Waals surface area (Å²) in [5, 5.41) is 4.28. The summed E-state index contributed by atoms with van der Waals surface area (Å²) in [6.45, 7) is 6.35. The summed E-state index contributed by atoms with van der Waals surface area (Å²) in [5.41, 5.74) is 3.76. The summed E-state index contributed by atoms with van der Waals surface area (Å²) in [7, 11) is -3.95. The van der Waals surface area contributed by atoms with Crippen molar-refractivity contribution in [3.63, 3.8) is 0 Å². The molecule has 0 unspecified atom stereocenters. The van der Waals surface area contributed by atoms with Crippen LogP contribution in [0, 0.1) is 11.3 Å². The van der Waals surface area contributed by atoms with Gasteiger partial charge < -0.3 is 0 Å². The predicted octanol–water partition coefficient (Wildman–Crippen LogP) is 3.99. The molecule has 1 amide bonds. The Bertz CT molecular complexity index is 1010. The molecule has 166 valence electrons. The van der Waals surface area contributed by atoms with Gasteiger partial charge in [0.15, 0.2) is 0 Å². The zero-order chi connectivity index (χ0) is 22.5. The molecule has 1 aliphatic rings. The van der Waals surface area contributed by atoms with Crippen LogP contribution in [0.1, 0.15) is 46.5 Å². The Balaban J connectivity index is 1.72. The van der Waals surface area contributed by atoms with Crippen LogP contribution >= 0.6 is 0 Å². The molecule has 1 aliphatic carbocycles. The minimum absolute atomic E-state index is 0.0975. The van der Waals surface area contributed by atoms with E-state index in [1.807, 2.05) is 0 Å². The van der Waals surface area contributed by atoms with E-state index < -0.39 is 22.5 Å². The van der Waals surface area contributed by atoms with E-state index in [4.69, 9.17) is 0 Å². The van der Waals surface area contributed by atoms with Gasteiger partial charge in [0, 0.05) is 11.9 Å². The topological polar surface area (TPSA) is 91.7 Å². The molecule has 1 fully saturated rings. The van der Waals surface area contributed by atoms with Gasteiger partial charge in [-0.25, -0.2) is 23.1 Å². The van der Waals surface area contributed by atoms with Crippen molar-refractivity contribution in [3.8, 4) is 0 Å². The van der Waals surface area contributed by atoms with Crippen LogP contribution in [-0.2, 0) is 14.8 Å². The molecular formula is C23H30N4O3S. The quantitative estimate of drug-likeness (QED) is 0.685. The van der Waals surface area contributed by atoms with E-state index in [1.54, 1.807) is 36.4 Å². The third-order valence-corrected chi connectivity index (χ3v) is 7.41. The second kappa shape index (κ2) is 9.60. The highest BCUT2D eigenvalue weighted by atomic mass is 32.2. The average molecular weight is 443 g/mol. The number of carbonyl (C=O) groups is 1. The second-order valence-electron chi connectivity index (χ2n) is 8.87. The molecule has 0 saturated heterocycles. The van der Waals surface area contributed by atoms with Gasteiger partial charge >= 0.3 is 0 Å². The van der Waals surface area contributed by atoms with Gasteiger partial charge in [0.05, 0.1) is 4.90 Å². The molecule has 0 spiro atoms. The number of hydrogen-bond donors (Lipinski definition) is 1. The maximum Gasteiger partial charge on any atom is 0.265 e. The van der Waals surface area contributed by atoms with Crippen molar-refractivity contribution in [3.05, 3.63) is 54.7 Å². The molecule has 3 rings (SSSR count). The van der Waals surface area contributed by atoms with E-state index in [2.05, 4.69) is 36.3 Å². The molecule has 2 aromatic rings. The second-order valence-corrected chi connectivity index (χ2v) is 10.7. The van der Waals surface area contributed by atoms with Crippen molar-refractivity contribution in [2.45, 2.75) is 51.3 Å². The van der Waals surface area contributed by atoms with E-state index in [9.17, 15) is 13.2 Å². The van der Waals surface area contributed by atoms with Crippen LogP contribution in [0.5, 0.6) is 0 Å². The normalized spacial score (nSPS) is 17.1. The van der Waals surface area contributed by atoms with Crippen LogP contribution in [0.4, 0.5) is 5.82 Å². The van der Waals surface area contributed by atoms with E-state index in [0.29, 0.717) is 5.92 Å². The fraction of sp³-hybridized carbons (Fsp3) is 0.435. The van der Waals surface area contributed by atoms with Crippen LogP contribution in [-0.4, -0.2) is 31.6 Å². The zero-order valence-corrected chi connectivity index (χ0v) is 19.1. The van der Waals surface area contributed by atoms with Crippen molar-refractivity contribution >= 4 is 27.5 Å². The third-order valence-electron chi connectivity index (χ3n) is 5.65. The first kappa shape index (κ1) is 22.9. The minimum Gasteiger partial charge on any atom is -0.271 e. The molecule has 0 aliphatic heterocycles. The Morgan fingerprint density at radius 3 is 2.32 bits per heavy atom. The molecule has 8 heteroatoms. The van der Waals surface area contributed by atoms with Gasteiger partial charge in [-0.2, -0.15) is 5.10 Å². The number of rotatable bonds is 6. The van der Waals surface area contributed by atoms with E-state index in [0.717, 1.165) is 35.7 Å². The van der Waals surface area contributed by atoms with Gasteiger partial charge in [-0.05, 0) is 61.3 Å². The third kappa shape index (κ3) is 5.91. The molecule has 1 saturated carbocycles. The van der Waals surface area contributed by atoms with E-state index in [1.165, 1.54) is 18.3 Å². The molecule has 1 aromatic heterocycles. The Labute approximate surface area is 184 Å². The van der Waals surface area contributed by atoms with Gasteiger partial charge in [0.25, 0.3) is 15.9 Å². The number of benzene rings is 1. The first-order chi connectivity index (χ1) is 14.7. The number of nitrogens with zero attached hydrogens (tertiary/aromatic N) is 3. The lowest BCUT2D eigenvalue weighted by molar-refractivity contribution is -0.119. The fourth-order valence-corrected chi connectivity index (χ4v) is 5.14. The number of pyridine rings is 1. The maximum absolute atomic E-state index is 13.2. The van der Waals surface area contributed by atoms with Crippen molar-refractivity contribution < 1.29 is 13.2 Å². The summed E-state index contributed by atoms with van der Waals surface area (Å²) in [6, 6.07) is 13.0. The van der Waals surface area contributed by atoms with Crippen LogP contribution in [0.25, 0.3) is 0 Å². The Morgan fingerprint density at radius 2 is 1.74 bits per heavy atom. The summed E-state index contributed by atoms with van der Waals surface area (Å²) in [6.07, 6.45) is 5.26. The highest BCUT2D eigenvalue weighted by Crippen LogP contribution is 2.36. The average Bonchev–Trinajstić information content (AvgIpc) is 2.77. The molecule has 0 bridgehead atoms. The number of carbonyl (C=O) groups excluding carboxylic acids is 1. The molecule has 1 N–H and O–H groups in total.